The summed E-state index contributed by atoms with van der Waals surface area (Å²) in [6.07, 6.45) is 22.3. The predicted molar refractivity (Wildman–Crippen MR) is 178 cm³/mol. The van der Waals surface area contributed by atoms with Crippen molar-refractivity contribution in [3.63, 3.8) is 0 Å². The zero-order valence-electron chi connectivity index (χ0n) is 26.5. The lowest BCUT2D eigenvalue weighted by atomic mass is 9.89. The van der Waals surface area contributed by atoms with E-state index in [0.717, 1.165) is 31.6 Å². The number of rotatable bonds is 4. The Bertz CT molecular complexity index is 1090. The summed E-state index contributed by atoms with van der Waals surface area (Å²) in [7, 11) is 2.06. The number of benzene rings is 2. The van der Waals surface area contributed by atoms with Gasteiger partial charge in [-0.1, -0.05) is 75.9 Å². The quantitative estimate of drug-likeness (QED) is 0.253. The first-order valence-electron chi connectivity index (χ1n) is 15.3. The normalized spacial score (nSPS) is 16.7. The SMILES string of the molecule is C#C.C1CCC1.CC(C)c1ccc(NC(=O)N2CCCC2)cc1.CNC1CC=C(c2ccc(C)c(C)c2)CC1.O=CO. The smallest absolute Gasteiger partial charge is 0.321 e. The fourth-order valence-electron chi connectivity index (χ4n) is 4.62. The molecule has 1 heterocycles. The van der Waals surface area contributed by atoms with Crippen LogP contribution < -0.4 is 10.6 Å². The van der Waals surface area contributed by atoms with Gasteiger partial charge in [-0.3, -0.25) is 4.79 Å². The highest BCUT2D eigenvalue weighted by Gasteiger charge is 2.17. The molecule has 2 aromatic carbocycles. The highest BCUT2D eigenvalue weighted by molar-refractivity contribution is 5.89. The molecular formula is C36H53N3O3. The predicted octanol–water partition coefficient (Wildman–Crippen LogP) is 8.41. The van der Waals surface area contributed by atoms with Crippen LogP contribution in [0.5, 0.6) is 0 Å². The summed E-state index contributed by atoms with van der Waals surface area (Å²) in [6, 6.07) is 15.6. The summed E-state index contributed by atoms with van der Waals surface area (Å²) in [5.41, 5.74) is 7.89. The van der Waals surface area contributed by atoms with Crippen LogP contribution in [0.2, 0.25) is 0 Å². The fourth-order valence-corrected chi connectivity index (χ4v) is 4.62. The molecule has 6 heteroatoms. The second-order valence-electron chi connectivity index (χ2n) is 11.2. The number of hydrogen-bond donors (Lipinski definition) is 3. The van der Waals surface area contributed by atoms with E-state index >= 15 is 0 Å². The average Bonchev–Trinajstić information content (AvgIpc) is 3.52. The minimum Gasteiger partial charge on any atom is -0.483 e. The van der Waals surface area contributed by atoms with Crippen LogP contribution in [-0.4, -0.2) is 48.7 Å². The van der Waals surface area contributed by atoms with Gasteiger partial charge in [0.25, 0.3) is 6.47 Å². The molecule has 5 rings (SSSR count). The van der Waals surface area contributed by atoms with E-state index in [4.69, 9.17) is 9.90 Å². The third kappa shape index (κ3) is 13.4. The molecule has 1 saturated heterocycles. The van der Waals surface area contributed by atoms with Gasteiger partial charge in [0, 0.05) is 24.8 Å². The number of carboxylic acid groups (broad SMARTS) is 1. The van der Waals surface area contributed by atoms with Crippen LogP contribution in [0.1, 0.15) is 99.8 Å². The Kier molecular flexibility index (Phi) is 18.4. The Morgan fingerprint density at radius 1 is 0.952 bits per heavy atom. The van der Waals surface area contributed by atoms with E-state index in [1.54, 1.807) is 0 Å². The van der Waals surface area contributed by atoms with E-state index in [1.807, 2.05) is 17.0 Å². The van der Waals surface area contributed by atoms with Gasteiger partial charge in [0.05, 0.1) is 0 Å². The van der Waals surface area contributed by atoms with E-state index in [-0.39, 0.29) is 12.5 Å². The van der Waals surface area contributed by atoms with Crippen molar-refractivity contribution in [3.8, 4) is 12.8 Å². The molecule has 1 atom stereocenters. The Morgan fingerprint density at radius 3 is 1.95 bits per heavy atom. The lowest BCUT2D eigenvalue weighted by Gasteiger charge is -2.21. The van der Waals surface area contributed by atoms with Crippen molar-refractivity contribution in [2.45, 2.75) is 97.4 Å². The van der Waals surface area contributed by atoms with Gasteiger partial charge in [-0.05, 0) is 98.9 Å². The van der Waals surface area contributed by atoms with Crippen LogP contribution in [0.3, 0.4) is 0 Å². The lowest BCUT2D eigenvalue weighted by Crippen LogP contribution is -2.32. The maximum Gasteiger partial charge on any atom is 0.321 e. The number of hydrogen-bond acceptors (Lipinski definition) is 3. The van der Waals surface area contributed by atoms with Crippen LogP contribution in [0.15, 0.2) is 48.5 Å². The Hall–Kier alpha value is -3.56. The van der Waals surface area contributed by atoms with Crippen molar-refractivity contribution in [1.29, 1.82) is 0 Å². The molecule has 1 unspecified atom stereocenters. The standard InChI is InChI=1S/C15H21N.C14H20N2O.C4H8.C2H2.CH2O2/c1-11-4-5-14(10-12(11)2)13-6-8-15(16-3)9-7-13;1-11(2)12-5-7-13(8-6-12)15-14(17)16-9-3-4-10-16;1-2-4-3-1;1-2;2-1-3/h4-6,10,15-16H,7-9H2,1-3H3;5-8,11H,3-4,9-10H2,1-2H3,(H,15,17);1-4H2;1-2H;1H,(H,2,3). The van der Waals surface area contributed by atoms with Gasteiger partial charge in [-0.15, -0.1) is 12.8 Å². The van der Waals surface area contributed by atoms with E-state index < -0.39 is 0 Å². The number of terminal acetylenes is 1. The Balaban J connectivity index is 0.000000327. The molecule has 2 aromatic rings. The summed E-state index contributed by atoms with van der Waals surface area (Å²) in [5, 5.41) is 13.2. The van der Waals surface area contributed by atoms with Gasteiger partial charge >= 0.3 is 6.03 Å². The molecule has 6 nitrogen and oxygen atoms in total. The maximum atomic E-state index is 11.8. The summed E-state index contributed by atoms with van der Waals surface area (Å²) in [5.74, 6) is 0.526. The maximum absolute atomic E-state index is 11.8. The molecule has 2 aliphatic carbocycles. The van der Waals surface area contributed by atoms with Crippen LogP contribution >= 0.6 is 0 Å². The van der Waals surface area contributed by atoms with Crippen LogP contribution in [-0.2, 0) is 4.79 Å². The highest BCUT2D eigenvalue weighted by Crippen LogP contribution is 2.28. The number of carbonyl (C=O) groups is 2. The molecule has 42 heavy (non-hydrogen) atoms. The highest BCUT2D eigenvalue weighted by atomic mass is 16.3. The molecule has 3 N–H and O–H groups in total. The summed E-state index contributed by atoms with van der Waals surface area (Å²) in [6.45, 7) is 10.2. The van der Waals surface area contributed by atoms with Crippen LogP contribution in [0.4, 0.5) is 10.5 Å². The summed E-state index contributed by atoms with van der Waals surface area (Å²) in [4.78, 5) is 22.1. The zero-order chi connectivity index (χ0) is 31.3. The molecule has 3 aliphatic rings. The van der Waals surface area contributed by atoms with Gasteiger partial charge in [-0.25, -0.2) is 4.79 Å². The number of nitrogens with one attached hydrogen (secondary N) is 2. The summed E-state index contributed by atoms with van der Waals surface area (Å²) < 4.78 is 0. The Morgan fingerprint density at radius 2 is 1.52 bits per heavy atom. The number of carbonyl (C=O) groups excluding carboxylic acids is 1. The van der Waals surface area contributed by atoms with E-state index in [9.17, 15) is 4.79 Å². The van der Waals surface area contributed by atoms with Gasteiger partial charge in [0.1, 0.15) is 0 Å². The first-order valence-corrected chi connectivity index (χ1v) is 15.3. The number of urea groups is 1. The molecule has 0 radical (unpaired) electrons. The van der Waals surface area contributed by atoms with Gasteiger partial charge in [0.2, 0.25) is 0 Å². The number of anilines is 1. The minimum absolute atomic E-state index is 0.0276. The minimum atomic E-state index is -0.250. The van der Waals surface area contributed by atoms with E-state index in [1.165, 1.54) is 72.8 Å². The molecular weight excluding hydrogens is 522 g/mol. The number of amides is 2. The van der Waals surface area contributed by atoms with Gasteiger partial charge in [-0.2, -0.15) is 0 Å². The van der Waals surface area contributed by atoms with Crippen molar-refractivity contribution in [2.75, 3.05) is 25.5 Å². The largest absolute Gasteiger partial charge is 0.483 e. The molecule has 1 saturated carbocycles. The van der Waals surface area contributed by atoms with Crippen LogP contribution in [0.25, 0.3) is 5.57 Å². The molecule has 2 fully saturated rings. The number of aryl methyl sites for hydroxylation is 2. The first kappa shape index (κ1) is 36.5. The molecule has 0 bridgehead atoms. The topological polar surface area (TPSA) is 81.7 Å². The van der Waals surface area contributed by atoms with Crippen molar-refractivity contribution in [1.82, 2.24) is 10.2 Å². The Labute approximate surface area is 255 Å². The van der Waals surface area contributed by atoms with E-state index in [0.29, 0.717) is 12.0 Å². The average molecular weight is 576 g/mol. The first-order chi connectivity index (χ1) is 20.3. The monoisotopic (exact) mass is 575 g/mol. The second-order valence-corrected chi connectivity index (χ2v) is 11.2. The zero-order valence-corrected chi connectivity index (χ0v) is 26.5. The van der Waals surface area contributed by atoms with Crippen molar-refractivity contribution < 1.29 is 14.7 Å². The number of nitrogens with zero attached hydrogens (tertiary/aromatic N) is 1. The third-order valence-electron chi connectivity index (χ3n) is 7.92. The lowest BCUT2D eigenvalue weighted by molar-refractivity contribution is -0.122. The van der Waals surface area contributed by atoms with Gasteiger partial charge in [0.15, 0.2) is 0 Å². The molecule has 2 amide bonds. The van der Waals surface area contributed by atoms with E-state index in [2.05, 4.69) is 94.6 Å². The number of likely N-dealkylation sites (tertiary alicyclic amines) is 1. The summed E-state index contributed by atoms with van der Waals surface area (Å²) >= 11 is 0. The van der Waals surface area contributed by atoms with Crippen molar-refractivity contribution >= 4 is 23.8 Å². The molecule has 230 valence electrons. The third-order valence-corrected chi connectivity index (χ3v) is 7.92. The van der Waals surface area contributed by atoms with Crippen LogP contribution in [0, 0.1) is 26.7 Å². The molecule has 1 aliphatic heterocycles. The second kappa shape index (κ2) is 21.2. The molecule has 0 spiro atoms. The van der Waals surface area contributed by atoms with Crippen molar-refractivity contribution in [3.05, 3.63) is 70.8 Å². The molecule has 0 aromatic heterocycles. The van der Waals surface area contributed by atoms with Gasteiger partial charge < -0.3 is 20.6 Å². The van der Waals surface area contributed by atoms with Crippen molar-refractivity contribution in [2.24, 2.45) is 0 Å². The number of allylic oxidation sites excluding steroid dienone is 1. The fraction of sp³-hybridized carbons (Fsp3) is 0.500.